The first-order chi connectivity index (χ1) is 9.68. The number of aryl methyl sites for hydroxylation is 1. The third-order valence-corrected chi connectivity index (χ3v) is 4.72. The van der Waals surface area contributed by atoms with Crippen LogP contribution in [0.2, 0.25) is 0 Å². The number of likely N-dealkylation sites (tertiary alicyclic amines) is 2. The molecule has 3 rings (SSSR count). The normalized spacial score (nSPS) is 27.2. The fourth-order valence-electron chi connectivity index (χ4n) is 3.62. The second-order valence-corrected chi connectivity index (χ2v) is 5.92. The fourth-order valence-corrected chi connectivity index (χ4v) is 3.62. The molecule has 2 aliphatic heterocycles. The van der Waals surface area contributed by atoms with Crippen molar-refractivity contribution in [2.75, 3.05) is 20.1 Å². The third kappa shape index (κ3) is 2.30. The van der Waals surface area contributed by atoms with Gasteiger partial charge in [-0.15, -0.1) is 0 Å². The summed E-state index contributed by atoms with van der Waals surface area (Å²) in [5.74, 6) is 0.103. The zero-order chi connectivity index (χ0) is 14.1. The van der Waals surface area contributed by atoms with Gasteiger partial charge in [-0.1, -0.05) is 0 Å². The molecular formula is C15H22N4O. The molecule has 5 nitrogen and oxygen atoms in total. The summed E-state index contributed by atoms with van der Waals surface area (Å²) >= 11 is 0. The quantitative estimate of drug-likeness (QED) is 0.820. The molecule has 2 aliphatic rings. The minimum absolute atomic E-state index is 0.103. The van der Waals surface area contributed by atoms with Gasteiger partial charge in [0.15, 0.2) is 0 Å². The second kappa shape index (κ2) is 5.48. The number of amides is 1. The number of aromatic nitrogens is 2. The molecule has 2 saturated heterocycles. The van der Waals surface area contributed by atoms with E-state index in [0.29, 0.717) is 17.6 Å². The van der Waals surface area contributed by atoms with E-state index in [9.17, 15) is 4.79 Å². The molecule has 0 radical (unpaired) electrons. The van der Waals surface area contributed by atoms with E-state index < -0.39 is 0 Å². The maximum absolute atomic E-state index is 12.8. The summed E-state index contributed by atoms with van der Waals surface area (Å²) < 4.78 is 0. The molecule has 0 N–H and O–H groups in total. The van der Waals surface area contributed by atoms with Crippen LogP contribution in [0.3, 0.4) is 0 Å². The van der Waals surface area contributed by atoms with E-state index >= 15 is 0 Å². The van der Waals surface area contributed by atoms with Gasteiger partial charge in [0, 0.05) is 24.8 Å². The Labute approximate surface area is 120 Å². The summed E-state index contributed by atoms with van der Waals surface area (Å²) in [6.45, 7) is 3.89. The lowest BCUT2D eigenvalue weighted by Gasteiger charge is -2.33. The van der Waals surface area contributed by atoms with Gasteiger partial charge < -0.3 is 9.80 Å². The molecule has 0 bridgehead atoms. The van der Waals surface area contributed by atoms with Crippen LogP contribution >= 0.6 is 0 Å². The van der Waals surface area contributed by atoms with E-state index in [-0.39, 0.29) is 5.91 Å². The highest BCUT2D eigenvalue weighted by molar-refractivity contribution is 5.95. The lowest BCUT2D eigenvalue weighted by atomic mass is 10.0. The molecule has 1 amide bonds. The summed E-state index contributed by atoms with van der Waals surface area (Å²) in [5, 5.41) is 0. The Hall–Kier alpha value is -1.49. The average Bonchev–Trinajstić information content (AvgIpc) is 3.06. The fraction of sp³-hybridized carbons (Fsp3) is 0.667. The molecule has 0 saturated carbocycles. The number of carbonyl (C=O) groups excluding carboxylic acids is 1. The Morgan fingerprint density at radius 1 is 1.25 bits per heavy atom. The molecule has 2 atom stereocenters. The second-order valence-electron chi connectivity index (χ2n) is 5.92. The molecular weight excluding hydrogens is 252 g/mol. The topological polar surface area (TPSA) is 49.3 Å². The van der Waals surface area contributed by atoms with Crippen LogP contribution in [-0.4, -0.2) is 57.9 Å². The summed E-state index contributed by atoms with van der Waals surface area (Å²) in [4.78, 5) is 25.4. The largest absolute Gasteiger partial charge is 0.334 e. The van der Waals surface area contributed by atoms with Gasteiger partial charge in [0.25, 0.3) is 5.91 Å². The molecule has 0 aromatic carbocycles. The minimum atomic E-state index is 0.103. The SMILES string of the molecule is Cc1ncncc1C(=O)N1CCC[C@@H]1[C@@H]1CCCN1C. The summed E-state index contributed by atoms with van der Waals surface area (Å²) in [5.41, 5.74) is 1.43. The van der Waals surface area contributed by atoms with Crippen LogP contribution in [0.5, 0.6) is 0 Å². The van der Waals surface area contributed by atoms with Crippen molar-refractivity contribution in [2.45, 2.75) is 44.7 Å². The van der Waals surface area contributed by atoms with E-state index in [2.05, 4.69) is 26.8 Å². The van der Waals surface area contributed by atoms with E-state index in [1.165, 1.54) is 19.2 Å². The Morgan fingerprint density at radius 3 is 2.70 bits per heavy atom. The molecule has 2 fully saturated rings. The van der Waals surface area contributed by atoms with Gasteiger partial charge in [0.05, 0.1) is 11.3 Å². The predicted molar refractivity (Wildman–Crippen MR) is 76.5 cm³/mol. The third-order valence-electron chi connectivity index (χ3n) is 4.72. The first-order valence-electron chi connectivity index (χ1n) is 7.46. The number of rotatable bonds is 2. The Kier molecular flexibility index (Phi) is 3.70. The number of nitrogens with zero attached hydrogens (tertiary/aromatic N) is 4. The highest BCUT2D eigenvalue weighted by atomic mass is 16.2. The van der Waals surface area contributed by atoms with E-state index in [1.807, 2.05) is 6.92 Å². The van der Waals surface area contributed by atoms with Gasteiger partial charge in [-0.2, -0.15) is 0 Å². The number of hydrogen-bond donors (Lipinski definition) is 0. The first kappa shape index (κ1) is 13.5. The van der Waals surface area contributed by atoms with Crippen molar-refractivity contribution in [3.8, 4) is 0 Å². The van der Waals surface area contributed by atoms with E-state index in [1.54, 1.807) is 6.20 Å². The van der Waals surface area contributed by atoms with Gasteiger partial charge in [-0.3, -0.25) is 4.79 Å². The van der Waals surface area contributed by atoms with E-state index in [0.717, 1.165) is 31.6 Å². The summed E-state index contributed by atoms with van der Waals surface area (Å²) in [7, 11) is 2.18. The zero-order valence-electron chi connectivity index (χ0n) is 12.2. The highest BCUT2D eigenvalue weighted by Crippen LogP contribution is 2.30. The summed E-state index contributed by atoms with van der Waals surface area (Å²) in [6.07, 6.45) is 7.82. The van der Waals surface area contributed by atoms with Crippen molar-refractivity contribution in [1.29, 1.82) is 0 Å². The molecule has 1 aromatic rings. The van der Waals surface area contributed by atoms with Crippen LogP contribution in [0.25, 0.3) is 0 Å². The molecule has 0 spiro atoms. The Balaban J connectivity index is 1.82. The van der Waals surface area contributed by atoms with Crippen LogP contribution in [0.4, 0.5) is 0 Å². The van der Waals surface area contributed by atoms with Gasteiger partial charge in [-0.25, -0.2) is 9.97 Å². The zero-order valence-corrected chi connectivity index (χ0v) is 12.2. The van der Waals surface area contributed by atoms with Crippen LogP contribution in [-0.2, 0) is 0 Å². The van der Waals surface area contributed by atoms with Crippen LogP contribution < -0.4 is 0 Å². The van der Waals surface area contributed by atoms with Crippen LogP contribution in [0, 0.1) is 6.92 Å². The first-order valence-corrected chi connectivity index (χ1v) is 7.46. The van der Waals surface area contributed by atoms with Crippen molar-refractivity contribution in [1.82, 2.24) is 19.8 Å². The predicted octanol–water partition coefficient (Wildman–Crippen LogP) is 1.48. The number of carbonyl (C=O) groups is 1. The molecule has 20 heavy (non-hydrogen) atoms. The van der Waals surface area contributed by atoms with Gasteiger partial charge >= 0.3 is 0 Å². The molecule has 108 valence electrons. The maximum atomic E-state index is 12.8. The van der Waals surface area contributed by atoms with Crippen molar-refractivity contribution >= 4 is 5.91 Å². The summed E-state index contributed by atoms with van der Waals surface area (Å²) in [6, 6.07) is 0.876. The molecule has 5 heteroatoms. The smallest absolute Gasteiger partial charge is 0.257 e. The van der Waals surface area contributed by atoms with E-state index in [4.69, 9.17) is 0 Å². The lowest BCUT2D eigenvalue weighted by molar-refractivity contribution is 0.0662. The standard InChI is InChI=1S/C15H22N4O/c1-11-12(9-16-10-17-11)15(20)19-8-4-6-14(19)13-5-3-7-18(13)2/h9-10,13-14H,3-8H2,1-2H3/t13-,14+/m0/s1. The van der Waals surface area contributed by atoms with Crippen molar-refractivity contribution < 1.29 is 4.79 Å². The molecule has 3 heterocycles. The lowest BCUT2D eigenvalue weighted by Crippen LogP contribution is -2.47. The van der Waals surface area contributed by atoms with Crippen molar-refractivity contribution in [3.05, 3.63) is 23.8 Å². The van der Waals surface area contributed by atoms with Gasteiger partial charge in [0.1, 0.15) is 6.33 Å². The van der Waals surface area contributed by atoms with Gasteiger partial charge in [0.2, 0.25) is 0 Å². The Bertz CT molecular complexity index is 504. The number of likely N-dealkylation sites (N-methyl/N-ethyl adjacent to an activating group) is 1. The molecule has 0 unspecified atom stereocenters. The number of hydrogen-bond acceptors (Lipinski definition) is 4. The van der Waals surface area contributed by atoms with Crippen LogP contribution in [0.1, 0.15) is 41.7 Å². The van der Waals surface area contributed by atoms with Crippen molar-refractivity contribution in [2.24, 2.45) is 0 Å². The highest BCUT2D eigenvalue weighted by Gasteiger charge is 2.38. The Morgan fingerprint density at radius 2 is 2.00 bits per heavy atom. The van der Waals surface area contributed by atoms with Crippen LogP contribution in [0.15, 0.2) is 12.5 Å². The minimum Gasteiger partial charge on any atom is -0.334 e. The maximum Gasteiger partial charge on any atom is 0.257 e. The molecule has 1 aromatic heterocycles. The molecule has 0 aliphatic carbocycles. The van der Waals surface area contributed by atoms with Gasteiger partial charge in [-0.05, 0) is 46.2 Å². The monoisotopic (exact) mass is 274 g/mol. The van der Waals surface area contributed by atoms with Crippen molar-refractivity contribution in [3.63, 3.8) is 0 Å². The average molecular weight is 274 g/mol.